The highest BCUT2D eigenvalue weighted by Crippen LogP contribution is 2.25. The van der Waals surface area contributed by atoms with Crippen LogP contribution < -0.4 is 4.80 Å². The molecule has 0 spiro atoms. The van der Waals surface area contributed by atoms with Gasteiger partial charge in [0, 0.05) is 20.1 Å². The van der Waals surface area contributed by atoms with Gasteiger partial charge in [0.15, 0.2) is 4.80 Å². The van der Waals surface area contributed by atoms with E-state index in [1.807, 2.05) is 30.7 Å². The third-order valence-electron chi connectivity index (χ3n) is 5.29. The van der Waals surface area contributed by atoms with Gasteiger partial charge >= 0.3 is 0 Å². The largest absolute Gasteiger partial charge is 0.319 e. The average molecular weight is 430 g/mol. The van der Waals surface area contributed by atoms with E-state index in [0.29, 0.717) is 24.2 Å². The van der Waals surface area contributed by atoms with Crippen molar-refractivity contribution in [2.75, 3.05) is 13.1 Å². The van der Waals surface area contributed by atoms with E-state index in [0.717, 1.165) is 15.8 Å². The Balaban J connectivity index is 1.60. The van der Waals surface area contributed by atoms with Gasteiger partial charge in [0.25, 0.3) is 5.91 Å². The normalized spacial score (nSPS) is 19.0. The van der Waals surface area contributed by atoms with Crippen molar-refractivity contribution in [1.29, 1.82) is 0 Å². The molecule has 4 rings (SSSR count). The van der Waals surface area contributed by atoms with E-state index in [1.54, 1.807) is 30.3 Å². The molecule has 2 heterocycles. The van der Waals surface area contributed by atoms with Gasteiger partial charge in [-0.05, 0) is 49.6 Å². The summed E-state index contributed by atoms with van der Waals surface area (Å²) < 4.78 is 30.2. The van der Waals surface area contributed by atoms with Crippen LogP contribution in [-0.2, 0) is 21.9 Å². The van der Waals surface area contributed by atoms with E-state index in [4.69, 9.17) is 0 Å². The fraction of sp³-hybridized carbons (Fsp3) is 0.333. The number of amides is 1. The summed E-state index contributed by atoms with van der Waals surface area (Å²) in [6.45, 7) is 2.63. The number of nitrogens with zero attached hydrogens (tertiary/aromatic N) is 3. The molecule has 1 saturated heterocycles. The lowest BCUT2D eigenvalue weighted by Gasteiger charge is -2.30. The van der Waals surface area contributed by atoms with Crippen LogP contribution >= 0.6 is 11.3 Å². The van der Waals surface area contributed by atoms with Gasteiger partial charge in [0.1, 0.15) is 0 Å². The van der Waals surface area contributed by atoms with Crippen LogP contribution in [0.2, 0.25) is 0 Å². The van der Waals surface area contributed by atoms with Crippen LogP contribution in [0.3, 0.4) is 0 Å². The van der Waals surface area contributed by atoms with Crippen LogP contribution in [0.4, 0.5) is 0 Å². The van der Waals surface area contributed by atoms with Gasteiger partial charge < -0.3 is 4.57 Å². The Labute approximate surface area is 174 Å². The SMILES string of the molecule is Cc1ccc2c(c1)sc(=NC(=O)C1CCCN(S(=O)(=O)c3ccccc3)C1)n2C. The molecule has 0 radical (unpaired) electrons. The van der Waals surface area contributed by atoms with Crippen LogP contribution in [0.25, 0.3) is 10.2 Å². The van der Waals surface area contributed by atoms with E-state index in [2.05, 4.69) is 11.1 Å². The minimum absolute atomic E-state index is 0.174. The molecule has 1 amide bonds. The first-order valence-corrected chi connectivity index (χ1v) is 11.8. The summed E-state index contributed by atoms with van der Waals surface area (Å²) in [6.07, 6.45) is 1.30. The van der Waals surface area contributed by atoms with Crippen molar-refractivity contribution < 1.29 is 13.2 Å². The van der Waals surface area contributed by atoms with Crippen molar-refractivity contribution in [2.24, 2.45) is 18.0 Å². The highest BCUT2D eigenvalue weighted by Gasteiger charge is 2.33. The summed E-state index contributed by atoms with van der Waals surface area (Å²) in [7, 11) is -1.70. The van der Waals surface area contributed by atoms with Crippen LogP contribution in [0.15, 0.2) is 58.4 Å². The first kappa shape index (κ1) is 20.0. The first-order valence-electron chi connectivity index (χ1n) is 9.56. The number of benzene rings is 2. The van der Waals surface area contributed by atoms with E-state index < -0.39 is 15.9 Å². The van der Waals surface area contributed by atoms with E-state index >= 15 is 0 Å². The lowest BCUT2D eigenvalue weighted by atomic mass is 9.99. The number of carbonyl (C=O) groups excluding carboxylic acids is 1. The summed E-state index contributed by atoms with van der Waals surface area (Å²) in [5.41, 5.74) is 2.19. The molecule has 6 nitrogen and oxygen atoms in total. The number of aromatic nitrogens is 1. The predicted octanol–water partition coefficient (Wildman–Crippen LogP) is 3.08. The number of aryl methyl sites for hydroxylation is 2. The van der Waals surface area contributed by atoms with E-state index in [1.165, 1.54) is 15.6 Å². The molecule has 1 aliphatic heterocycles. The second-order valence-electron chi connectivity index (χ2n) is 7.38. The second kappa shape index (κ2) is 7.85. The number of sulfonamides is 1. The molecule has 29 heavy (non-hydrogen) atoms. The number of hydrogen-bond donors (Lipinski definition) is 0. The molecule has 152 valence electrons. The van der Waals surface area contributed by atoms with E-state index in [-0.39, 0.29) is 17.3 Å². The molecule has 2 aromatic carbocycles. The number of carbonyl (C=O) groups is 1. The minimum Gasteiger partial charge on any atom is -0.319 e. The van der Waals surface area contributed by atoms with Gasteiger partial charge in [-0.15, -0.1) is 0 Å². The lowest BCUT2D eigenvalue weighted by molar-refractivity contribution is -0.122. The Kier molecular flexibility index (Phi) is 5.42. The number of fused-ring (bicyclic) bond motifs is 1. The molecule has 0 bridgehead atoms. The zero-order chi connectivity index (χ0) is 20.6. The molecule has 0 aliphatic carbocycles. The van der Waals surface area contributed by atoms with Gasteiger partial charge in [0.05, 0.1) is 21.0 Å². The quantitative estimate of drug-likeness (QED) is 0.642. The third-order valence-corrected chi connectivity index (χ3v) is 8.26. The smallest absolute Gasteiger partial charge is 0.252 e. The predicted molar refractivity (Wildman–Crippen MR) is 114 cm³/mol. The Morgan fingerprint density at radius 2 is 1.93 bits per heavy atom. The zero-order valence-corrected chi connectivity index (χ0v) is 18.0. The van der Waals surface area contributed by atoms with Crippen molar-refractivity contribution in [1.82, 2.24) is 8.87 Å². The van der Waals surface area contributed by atoms with Crippen LogP contribution in [0.1, 0.15) is 18.4 Å². The lowest BCUT2D eigenvalue weighted by Crippen LogP contribution is -2.42. The average Bonchev–Trinajstić information content (AvgIpc) is 3.03. The molecule has 3 aromatic rings. The monoisotopic (exact) mass is 429 g/mol. The van der Waals surface area contributed by atoms with Crippen LogP contribution in [-0.4, -0.2) is 36.3 Å². The molecule has 0 saturated carbocycles. The maximum absolute atomic E-state index is 12.9. The third kappa shape index (κ3) is 3.92. The van der Waals surface area contributed by atoms with Gasteiger partial charge in [-0.3, -0.25) is 4.79 Å². The molecule has 1 aromatic heterocycles. The highest BCUT2D eigenvalue weighted by molar-refractivity contribution is 7.89. The summed E-state index contributed by atoms with van der Waals surface area (Å²) >= 11 is 1.48. The zero-order valence-electron chi connectivity index (χ0n) is 16.4. The number of rotatable bonds is 3. The molecule has 8 heteroatoms. The van der Waals surface area contributed by atoms with Crippen molar-refractivity contribution >= 4 is 37.5 Å². The fourth-order valence-corrected chi connectivity index (χ4v) is 6.30. The number of piperidine rings is 1. The Bertz CT molecular complexity index is 1230. The number of thiazole rings is 1. The summed E-state index contributed by atoms with van der Waals surface area (Å²) in [6, 6.07) is 14.5. The standard InChI is InChI=1S/C21H23N3O3S2/c1-15-10-11-18-19(13-15)28-21(23(18)2)22-20(25)16-7-6-12-24(14-16)29(26,27)17-8-4-3-5-9-17/h3-5,8-11,13,16H,6-7,12,14H2,1-2H3. The Morgan fingerprint density at radius 1 is 1.17 bits per heavy atom. The molecular weight excluding hydrogens is 406 g/mol. The van der Waals surface area contributed by atoms with Crippen LogP contribution in [0.5, 0.6) is 0 Å². The first-order chi connectivity index (χ1) is 13.9. The van der Waals surface area contributed by atoms with Crippen molar-refractivity contribution in [3.63, 3.8) is 0 Å². The summed E-state index contributed by atoms with van der Waals surface area (Å²) in [5.74, 6) is -0.675. The van der Waals surface area contributed by atoms with Crippen molar-refractivity contribution in [2.45, 2.75) is 24.7 Å². The second-order valence-corrected chi connectivity index (χ2v) is 10.3. The van der Waals surface area contributed by atoms with Crippen molar-refractivity contribution in [3.05, 3.63) is 58.9 Å². The molecule has 1 aliphatic rings. The number of hydrogen-bond acceptors (Lipinski definition) is 4. The van der Waals surface area contributed by atoms with E-state index in [9.17, 15) is 13.2 Å². The summed E-state index contributed by atoms with van der Waals surface area (Å²) in [5, 5.41) is 0. The van der Waals surface area contributed by atoms with Gasteiger partial charge in [-0.2, -0.15) is 9.30 Å². The van der Waals surface area contributed by atoms with Crippen molar-refractivity contribution in [3.8, 4) is 0 Å². The van der Waals surface area contributed by atoms with Gasteiger partial charge in [-0.1, -0.05) is 35.6 Å². The molecule has 1 fully saturated rings. The topological polar surface area (TPSA) is 71.7 Å². The van der Waals surface area contributed by atoms with Gasteiger partial charge in [-0.25, -0.2) is 8.42 Å². The maximum atomic E-state index is 12.9. The molecule has 1 atom stereocenters. The highest BCUT2D eigenvalue weighted by atomic mass is 32.2. The van der Waals surface area contributed by atoms with Gasteiger partial charge in [0.2, 0.25) is 10.0 Å². The van der Waals surface area contributed by atoms with Crippen LogP contribution in [0, 0.1) is 12.8 Å². The summed E-state index contributed by atoms with van der Waals surface area (Å²) in [4.78, 5) is 18.1. The molecule has 1 unspecified atom stereocenters. The Hall–Kier alpha value is -2.29. The molecule has 0 N–H and O–H groups in total. The maximum Gasteiger partial charge on any atom is 0.252 e. The Morgan fingerprint density at radius 3 is 2.69 bits per heavy atom. The fourth-order valence-electron chi connectivity index (χ4n) is 3.64. The molecular formula is C21H23N3O3S2. The minimum atomic E-state index is -3.60.